The van der Waals surface area contributed by atoms with Crippen molar-refractivity contribution in [2.75, 3.05) is 13.2 Å². The lowest BCUT2D eigenvalue weighted by Crippen LogP contribution is -2.39. The van der Waals surface area contributed by atoms with E-state index < -0.39 is 6.04 Å². The first-order chi connectivity index (χ1) is 7.63. The summed E-state index contributed by atoms with van der Waals surface area (Å²) >= 11 is 0. The molecule has 0 aromatic heterocycles. The quantitative estimate of drug-likeness (QED) is 0.693. The zero-order valence-electron chi connectivity index (χ0n) is 9.72. The lowest BCUT2D eigenvalue weighted by atomic mass is 10.0. The second-order valence-corrected chi connectivity index (χ2v) is 4.56. The Morgan fingerprint density at radius 3 is 2.81 bits per heavy atom. The molecular formula is C11H19NO4. The summed E-state index contributed by atoms with van der Waals surface area (Å²) in [4.78, 5) is 11.5. The van der Waals surface area contributed by atoms with Crippen LogP contribution in [0.1, 0.15) is 20.3 Å². The van der Waals surface area contributed by atoms with Gasteiger partial charge in [0.15, 0.2) is 6.10 Å². The highest BCUT2D eigenvalue weighted by molar-refractivity contribution is 5.75. The third-order valence-electron chi connectivity index (χ3n) is 3.27. The van der Waals surface area contributed by atoms with Gasteiger partial charge in [-0.2, -0.15) is 0 Å². The van der Waals surface area contributed by atoms with Crippen LogP contribution in [0.5, 0.6) is 0 Å². The second kappa shape index (κ2) is 4.69. The molecule has 3 unspecified atom stereocenters. The van der Waals surface area contributed by atoms with Crippen LogP contribution in [0.3, 0.4) is 0 Å². The number of nitrogens with two attached hydrogens (primary N) is 1. The summed E-state index contributed by atoms with van der Waals surface area (Å²) < 4.78 is 16.5. The zero-order valence-corrected chi connectivity index (χ0v) is 9.72. The first-order valence-corrected chi connectivity index (χ1v) is 5.82. The molecule has 2 saturated heterocycles. The number of esters is 1. The minimum Gasteiger partial charge on any atom is -0.456 e. The molecule has 0 aromatic carbocycles. The average Bonchev–Trinajstić information content (AvgIpc) is 2.82. The molecule has 2 N–H and O–H groups in total. The fourth-order valence-electron chi connectivity index (χ4n) is 2.16. The van der Waals surface area contributed by atoms with Gasteiger partial charge in [0.05, 0.1) is 19.3 Å². The van der Waals surface area contributed by atoms with Crippen molar-refractivity contribution in [3.63, 3.8) is 0 Å². The molecule has 0 spiro atoms. The van der Waals surface area contributed by atoms with Crippen molar-refractivity contribution in [2.45, 2.75) is 44.6 Å². The first-order valence-electron chi connectivity index (χ1n) is 5.82. The number of carbonyl (C=O) groups is 1. The minimum atomic E-state index is -0.544. The van der Waals surface area contributed by atoms with Crippen molar-refractivity contribution >= 4 is 5.97 Å². The Morgan fingerprint density at radius 1 is 1.44 bits per heavy atom. The van der Waals surface area contributed by atoms with Crippen LogP contribution >= 0.6 is 0 Å². The van der Waals surface area contributed by atoms with E-state index in [1.807, 2.05) is 6.92 Å². The molecule has 0 bridgehead atoms. The zero-order chi connectivity index (χ0) is 11.7. The van der Waals surface area contributed by atoms with Gasteiger partial charge in [-0.15, -0.1) is 0 Å². The maximum atomic E-state index is 11.5. The Kier molecular flexibility index (Phi) is 3.47. The van der Waals surface area contributed by atoms with E-state index in [0.29, 0.717) is 25.6 Å². The third-order valence-corrected chi connectivity index (χ3v) is 3.27. The van der Waals surface area contributed by atoms with Crippen LogP contribution in [0.15, 0.2) is 0 Å². The molecule has 2 aliphatic heterocycles. The van der Waals surface area contributed by atoms with Crippen molar-refractivity contribution in [3.05, 3.63) is 0 Å². The van der Waals surface area contributed by atoms with Gasteiger partial charge < -0.3 is 19.9 Å². The van der Waals surface area contributed by atoms with Crippen LogP contribution in [0.2, 0.25) is 0 Å². The number of rotatable bonds is 3. The van der Waals surface area contributed by atoms with Gasteiger partial charge in [-0.1, -0.05) is 13.8 Å². The molecule has 92 valence electrons. The molecule has 0 saturated carbocycles. The summed E-state index contributed by atoms with van der Waals surface area (Å²) in [5, 5.41) is 0. The topological polar surface area (TPSA) is 70.8 Å². The molecule has 2 aliphatic rings. The third kappa shape index (κ3) is 2.07. The van der Waals surface area contributed by atoms with Crippen LogP contribution < -0.4 is 5.73 Å². The Balaban J connectivity index is 1.90. The lowest BCUT2D eigenvalue weighted by molar-refractivity contribution is -0.155. The standard InChI is InChI=1S/C11H19NO4/c1-3-7(12)11(13)16-8-5-15-9-6(2)4-14-10(8)9/h6-10H,3-5,12H2,1-2H3/t6-,7?,8+,9?,10?/m0/s1. The van der Waals surface area contributed by atoms with Crippen molar-refractivity contribution in [3.8, 4) is 0 Å². The summed E-state index contributed by atoms with van der Waals surface area (Å²) in [6, 6.07) is -0.544. The summed E-state index contributed by atoms with van der Waals surface area (Å²) in [6.07, 6.45) is 0.247. The van der Waals surface area contributed by atoms with Crippen molar-refractivity contribution in [1.82, 2.24) is 0 Å². The van der Waals surface area contributed by atoms with Gasteiger partial charge in [0, 0.05) is 5.92 Å². The molecule has 5 heteroatoms. The SMILES string of the molecule is CCC(N)C(=O)O[C@@H]1COC2C1OC[C@@H]2C. The van der Waals surface area contributed by atoms with E-state index in [-0.39, 0.29) is 24.3 Å². The number of carbonyl (C=O) groups excluding carboxylic acids is 1. The smallest absolute Gasteiger partial charge is 0.323 e. The van der Waals surface area contributed by atoms with Crippen molar-refractivity contribution in [1.29, 1.82) is 0 Å². The normalized spacial score (nSPS) is 39.4. The molecule has 5 nitrogen and oxygen atoms in total. The van der Waals surface area contributed by atoms with Gasteiger partial charge in [0.25, 0.3) is 0 Å². The molecule has 5 atom stereocenters. The highest BCUT2D eigenvalue weighted by Gasteiger charge is 2.47. The number of ether oxygens (including phenoxy) is 3. The largest absolute Gasteiger partial charge is 0.456 e. The number of fused-ring (bicyclic) bond motifs is 1. The molecule has 16 heavy (non-hydrogen) atoms. The van der Waals surface area contributed by atoms with Gasteiger partial charge in [-0.3, -0.25) is 4.79 Å². The second-order valence-electron chi connectivity index (χ2n) is 4.56. The summed E-state index contributed by atoms with van der Waals surface area (Å²) in [5.41, 5.74) is 5.60. The van der Waals surface area contributed by atoms with Gasteiger partial charge in [-0.25, -0.2) is 0 Å². The van der Waals surface area contributed by atoms with E-state index in [2.05, 4.69) is 6.92 Å². The summed E-state index contributed by atoms with van der Waals surface area (Å²) in [5.74, 6) is 0.00783. The average molecular weight is 229 g/mol. The van der Waals surface area contributed by atoms with Gasteiger partial charge >= 0.3 is 5.97 Å². The molecule has 0 amide bonds. The molecular weight excluding hydrogens is 210 g/mol. The van der Waals surface area contributed by atoms with Crippen LogP contribution in [-0.2, 0) is 19.0 Å². The highest BCUT2D eigenvalue weighted by Crippen LogP contribution is 2.32. The van der Waals surface area contributed by atoms with Crippen LogP contribution in [-0.4, -0.2) is 43.5 Å². The minimum absolute atomic E-state index is 0.0654. The summed E-state index contributed by atoms with van der Waals surface area (Å²) in [6.45, 7) is 5.02. The maximum Gasteiger partial charge on any atom is 0.323 e. The fourth-order valence-corrected chi connectivity index (χ4v) is 2.16. The van der Waals surface area contributed by atoms with E-state index in [1.165, 1.54) is 0 Å². The van der Waals surface area contributed by atoms with Crippen molar-refractivity contribution < 1.29 is 19.0 Å². The lowest BCUT2D eigenvalue weighted by Gasteiger charge is -2.18. The number of hydrogen-bond acceptors (Lipinski definition) is 5. The Hall–Kier alpha value is -0.650. The van der Waals surface area contributed by atoms with E-state index >= 15 is 0 Å². The molecule has 2 rings (SSSR count). The van der Waals surface area contributed by atoms with Gasteiger partial charge in [0.1, 0.15) is 12.1 Å². The molecule has 0 radical (unpaired) electrons. The number of hydrogen-bond donors (Lipinski definition) is 1. The van der Waals surface area contributed by atoms with E-state index in [9.17, 15) is 4.79 Å². The predicted octanol–water partition coefficient (Wildman–Crippen LogP) is 0.0692. The van der Waals surface area contributed by atoms with E-state index in [1.54, 1.807) is 0 Å². The monoisotopic (exact) mass is 229 g/mol. The highest BCUT2D eigenvalue weighted by atomic mass is 16.6. The summed E-state index contributed by atoms with van der Waals surface area (Å²) in [7, 11) is 0. The van der Waals surface area contributed by atoms with Gasteiger partial charge in [-0.05, 0) is 6.42 Å². The van der Waals surface area contributed by atoms with Crippen molar-refractivity contribution in [2.24, 2.45) is 11.7 Å². The van der Waals surface area contributed by atoms with Crippen LogP contribution in [0.25, 0.3) is 0 Å². The Morgan fingerprint density at radius 2 is 2.12 bits per heavy atom. The first kappa shape index (κ1) is 11.8. The molecule has 0 aliphatic carbocycles. The van der Waals surface area contributed by atoms with Gasteiger partial charge in [0.2, 0.25) is 0 Å². The predicted molar refractivity (Wildman–Crippen MR) is 56.8 cm³/mol. The Labute approximate surface area is 95.2 Å². The van der Waals surface area contributed by atoms with Crippen LogP contribution in [0, 0.1) is 5.92 Å². The molecule has 2 fully saturated rings. The Bertz CT molecular complexity index is 271. The van der Waals surface area contributed by atoms with E-state index in [4.69, 9.17) is 19.9 Å². The van der Waals surface area contributed by atoms with Crippen LogP contribution in [0.4, 0.5) is 0 Å². The molecule has 2 heterocycles. The maximum absolute atomic E-state index is 11.5. The van der Waals surface area contributed by atoms with E-state index in [0.717, 1.165) is 0 Å². The molecule has 0 aromatic rings. The fraction of sp³-hybridized carbons (Fsp3) is 0.909.